The van der Waals surface area contributed by atoms with Gasteiger partial charge in [-0.1, -0.05) is 0 Å². The molecule has 4 saturated heterocycles. The van der Waals surface area contributed by atoms with Crippen molar-refractivity contribution in [1.29, 1.82) is 5.26 Å². The number of halogens is 1. The van der Waals surface area contributed by atoms with E-state index < -0.39 is 16.7 Å². The number of carbonyl (C=O) groups is 2. The van der Waals surface area contributed by atoms with Crippen LogP contribution in [0.4, 0.5) is 9.59 Å². The first-order valence-corrected chi connectivity index (χ1v) is 16.2. The predicted molar refractivity (Wildman–Crippen MR) is 177 cm³/mol. The van der Waals surface area contributed by atoms with Crippen LogP contribution in [-0.2, 0) is 9.47 Å². The Kier molecular flexibility index (Phi) is 18.4. The first-order valence-electron chi connectivity index (χ1n) is 16.2. The molecule has 0 unspecified atom stereocenters. The number of aliphatic hydroxyl groups is 2. The summed E-state index contributed by atoms with van der Waals surface area (Å²) in [6, 6.07) is 2.48. The maximum atomic E-state index is 12.1. The van der Waals surface area contributed by atoms with Crippen LogP contribution in [0.2, 0.25) is 0 Å². The fraction of sp³-hybridized carbons (Fsp3) is 0.879. The van der Waals surface area contributed by atoms with E-state index in [4.69, 9.17) is 9.47 Å². The molecule has 13 heteroatoms. The van der Waals surface area contributed by atoms with E-state index in [9.17, 15) is 25.1 Å². The van der Waals surface area contributed by atoms with Gasteiger partial charge in [0.2, 0.25) is 0 Å². The van der Waals surface area contributed by atoms with Crippen molar-refractivity contribution in [2.24, 2.45) is 0 Å². The van der Waals surface area contributed by atoms with Crippen molar-refractivity contribution in [2.75, 3.05) is 52.4 Å². The molecule has 262 valence electrons. The van der Waals surface area contributed by atoms with E-state index in [-0.39, 0.29) is 77.4 Å². The maximum absolute atomic E-state index is 12.1. The number of carbonyl (C=O) groups excluding carboxylic acids is 2. The van der Waals surface area contributed by atoms with Gasteiger partial charge in [0.25, 0.3) is 0 Å². The summed E-state index contributed by atoms with van der Waals surface area (Å²) in [6.07, 6.45) is 5.53. The van der Waals surface area contributed by atoms with E-state index in [1.165, 1.54) is 0 Å². The van der Waals surface area contributed by atoms with Gasteiger partial charge in [0.15, 0.2) is 0 Å². The number of hydrogen-bond acceptors (Lipinski definition) is 9. The molecule has 0 radical (unpaired) electrons. The van der Waals surface area contributed by atoms with Gasteiger partial charge in [-0.3, -0.25) is 9.80 Å². The number of nitrogens with zero attached hydrogens (tertiary/aromatic N) is 5. The zero-order valence-corrected chi connectivity index (χ0v) is 32.8. The van der Waals surface area contributed by atoms with Crippen molar-refractivity contribution in [3.8, 4) is 6.07 Å². The van der Waals surface area contributed by atoms with E-state index in [1.807, 2.05) is 46.4 Å². The summed E-state index contributed by atoms with van der Waals surface area (Å²) >= 11 is 0. The Balaban J connectivity index is 0.000000827. The number of piperidine rings is 4. The SMILES string of the molecule is CC(C)(C)OC(=O)N1CCC(C#N)(N2CCC(O)CC2)CC1.CC(C)(C)OC(=O)N1CCC(C)(N2CCC(O)CC2)CC1.[Br-].[CH3-].[Mg+2]. The zero-order valence-electron chi connectivity index (χ0n) is 29.8. The normalized spacial score (nSPS) is 22.8. The number of ether oxygens (including phenoxy) is 2. The van der Waals surface area contributed by atoms with Crippen LogP contribution >= 0.6 is 0 Å². The fourth-order valence-corrected chi connectivity index (χ4v) is 6.40. The van der Waals surface area contributed by atoms with Crippen LogP contribution in [0.3, 0.4) is 0 Å². The van der Waals surface area contributed by atoms with Crippen LogP contribution in [0.1, 0.15) is 99.8 Å². The van der Waals surface area contributed by atoms with Gasteiger partial charge in [-0.15, -0.1) is 0 Å². The van der Waals surface area contributed by atoms with E-state index in [0.717, 1.165) is 77.8 Å². The van der Waals surface area contributed by atoms with Gasteiger partial charge < -0.3 is 53.9 Å². The van der Waals surface area contributed by atoms with Gasteiger partial charge in [0.1, 0.15) is 16.7 Å². The third-order valence-electron chi connectivity index (χ3n) is 9.24. The molecule has 0 aliphatic carbocycles. The first-order chi connectivity index (χ1) is 20.0. The Hall–Kier alpha value is -0.884. The Labute approximate surface area is 305 Å². The summed E-state index contributed by atoms with van der Waals surface area (Å²) in [5.74, 6) is 0. The van der Waals surface area contributed by atoms with Crippen molar-refractivity contribution >= 4 is 35.2 Å². The number of rotatable bonds is 2. The van der Waals surface area contributed by atoms with E-state index in [1.54, 1.807) is 4.90 Å². The zero-order chi connectivity index (χ0) is 32.1. The Morgan fingerprint density at radius 1 is 0.696 bits per heavy atom. The molecule has 0 bridgehead atoms. The quantitative estimate of drug-likeness (QED) is 0.317. The molecule has 4 aliphatic rings. The number of nitriles is 1. The smallest absolute Gasteiger partial charge is 1.00 e. The number of aliphatic hydroxyl groups excluding tert-OH is 2. The summed E-state index contributed by atoms with van der Waals surface area (Å²) in [6.45, 7) is 19.6. The summed E-state index contributed by atoms with van der Waals surface area (Å²) in [7, 11) is 0. The molecule has 46 heavy (non-hydrogen) atoms. The molecule has 0 aromatic carbocycles. The largest absolute Gasteiger partial charge is 2.00 e. The molecule has 0 aromatic heterocycles. The van der Waals surface area contributed by atoms with E-state index in [2.05, 4.69) is 22.8 Å². The molecule has 4 aliphatic heterocycles. The summed E-state index contributed by atoms with van der Waals surface area (Å²) in [5.41, 5.74) is -1.28. The summed E-state index contributed by atoms with van der Waals surface area (Å²) in [4.78, 5) is 32.4. The standard InChI is InChI=1S/C16H27N3O3.C16H30N2O3.CH3.BrH.Mg/c1-15(2,3)22-14(21)18-10-6-16(12-17,7-11-18)19-8-4-13(20)5-9-19;1-15(2,3)21-14(20)17-11-7-16(4,8-12-17)18-9-5-13(19)6-10-18;;;/h13,20H,4-11H2,1-3H3;13,19H,5-12H2,1-4H3;1H3;1H;/q;;-1;;+2/p-1. The second-order valence-electron chi connectivity index (χ2n) is 15.0. The Bertz CT molecular complexity index is 968. The second-order valence-corrected chi connectivity index (χ2v) is 15.0. The molecule has 2 N–H and O–H groups in total. The van der Waals surface area contributed by atoms with Crippen LogP contribution in [0, 0.1) is 18.8 Å². The van der Waals surface area contributed by atoms with Crippen molar-refractivity contribution in [2.45, 2.75) is 134 Å². The molecule has 2 amide bonds. The minimum atomic E-state index is -0.501. The maximum Gasteiger partial charge on any atom is 2.00 e. The number of hydrogen-bond donors (Lipinski definition) is 2. The molecule has 0 saturated carbocycles. The average molecular weight is 727 g/mol. The third kappa shape index (κ3) is 13.2. The molecular weight excluding hydrogens is 667 g/mol. The fourth-order valence-electron chi connectivity index (χ4n) is 6.40. The minimum Gasteiger partial charge on any atom is -1.00 e. The third-order valence-corrected chi connectivity index (χ3v) is 9.24. The Morgan fingerprint density at radius 3 is 1.35 bits per heavy atom. The van der Waals surface area contributed by atoms with Crippen molar-refractivity contribution < 1.29 is 46.3 Å². The summed E-state index contributed by atoms with van der Waals surface area (Å²) in [5, 5.41) is 28.9. The van der Waals surface area contributed by atoms with Gasteiger partial charge in [0.05, 0.1) is 18.3 Å². The minimum absolute atomic E-state index is 0. The topological polar surface area (TPSA) is 130 Å². The van der Waals surface area contributed by atoms with Crippen LogP contribution in [0.15, 0.2) is 0 Å². The summed E-state index contributed by atoms with van der Waals surface area (Å²) < 4.78 is 10.8. The van der Waals surface area contributed by atoms with Gasteiger partial charge in [-0.25, -0.2) is 9.59 Å². The molecule has 4 heterocycles. The van der Waals surface area contributed by atoms with Crippen molar-refractivity contribution in [3.05, 3.63) is 7.43 Å². The number of likely N-dealkylation sites (tertiary alicyclic amines) is 4. The predicted octanol–water partition coefficient (Wildman–Crippen LogP) is 1.04. The van der Waals surface area contributed by atoms with Gasteiger partial charge in [0, 0.05) is 57.9 Å². The molecule has 0 atom stereocenters. The second kappa shape index (κ2) is 18.8. The average Bonchev–Trinajstić information content (AvgIpc) is 2.92. The molecule has 0 spiro atoms. The van der Waals surface area contributed by atoms with Crippen LogP contribution in [0.25, 0.3) is 0 Å². The van der Waals surface area contributed by atoms with E-state index >= 15 is 0 Å². The Morgan fingerprint density at radius 2 is 1.02 bits per heavy atom. The monoisotopic (exact) mass is 725 g/mol. The van der Waals surface area contributed by atoms with Crippen LogP contribution in [-0.4, -0.2) is 152 Å². The van der Waals surface area contributed by atoms with Gasteiger partial charge >= 0.3 is 35.2 Å². The molecule has 4 fully saturated rings. The van der Waals surface area contributed by atoms with Gasteiger partial charge in [-0.2, -0.15) is 5.26 Å². The van der Waals surface area contributed by atoms with Crippen molar-refractivity contribution in [3.63, 3.8) is 0 Å². The molecule has 0 aromatic rings. The van der Waals surface area contributed by atoms with Crippen LogP contribution < -0.4 is 17.0 Å². The van der Waals surface area contributed by atoms with E-state index in [0.29, 0.717) is 25.9 Å². The first kappa shape index (κ1) is 45.1. The molecular formula is C33H60BrMgN5O6. The number of amides is 2. The molecule has 4 rings (SSSR count). The van der Waals surface area contributed by atoms with Crippen molar-refractivity contribution in [1.82, 2.24) is 19.6 Å². The van der Waals surface area contributed by atoms with Gasteiger partial charge in [-0.05, 0) is 99.8 Å². The van der Waals surface area contributed by atoms with Crippen LogP contribution in [0.5, 0.6) is 0 Å². The molecule has 11 nitrogen and oxygen atoms in total.